The lowest BCUT2D eigenvalue weighted by molar-refractivity contribution is -0.152. The summed E-state index contributed by atoms with van der Waals surface area (Å²) in [7, 11) is 1.57. The van der Waals surface area contributed by atoms with E-state index in [1.807, 2.05) is 30.3 Å². The Balaban J connectivity index is 2.06. The predicted octanol–water partition coefficient (Wildman–Crippen LogP) is 1.57. The molecule has 1 heterocycles. The van der Waals surface area contributed by atoms with Gasteiger partial charge in [-0.15, -0.1) is 0 Å². The topological polar surface area (TPSA) is 66.8 Å². The zero-order valence-electron chi connectivity index (χ0n) is 12.2. The van der Waals surface area contributed by atoms with Crippen LogP contribution in [-0.4, -0.2) is 48.2 Å². The average Bonchev–Trinajstić information content (AvgIpc) is 2.53. The van der Waals surface area contributed by atoms with Crippen molar-refractivity contribution in [2.75, 3.05) is 20.3 Å². The molecule has 1 saturated heterocycles. The molecule has 5 heteroatoms. The maximum Gasteiger partial charge on any atom is 0.326 e. The van der Waals surface area contributed by atoms with Crippen molar-refractivity contribution in [3.8, 4) is 0 Å². The summed E-state index contributed by atoms with van der Waals surface area (Å²) in [6.07, 6.45) is 1.92. The summed E-state index contributed by atoms with van der Waals surface area (Å²) in [4.78, 5) is 25.3. The molecular weight excluding hydrogens is 270 g/mol. The van der Waals surface area contributed by atoms with Gasteiger partial charge in [0, 0.05) is 20.1 Å². The molecule has 0 radical (unpaired) electrons. The molecule has 114 valence electrons. The third-order valence-electron chi connectivity index (χ3n) is 3.88. The molecule has 0 bridgehead atoms. The molecule has 1 aromatic carbocycles. The van der Waals surface area contributed by atoms with Crippen molar-refractivity contribution >= 4 is 11.9 Å². The SMILES string of the molecule is CN(C(=O)C1CCCOC1)C(Cc1ccccc1)C(=O)O. The number of hydrogen-bond donors (Lipinski definition) is 1. The molecular formula is C16H21NO4. The Morgan fingerprint density at radius 2 is 2.10 bits per heavy atom. The van der Waals surface area contributed by atoms with Crippen LogP contribution in [0.3, 0.4) is 0 Å². The molecule has 1 aromatic rings. The smallest absolute Gasteiger partial charge is 0.326 e. The van der Waals surface area contributed by atoms with Crippen LogP contribution in [-0.2, 0) is 20.7 Å². The van der Waals surface area contributed by atoms with Crippen LogP contribution in [0.15, 0.2) is 30.3 Å². The van der Waals surface area contributed by atoms with Crippen molar-refractivity contribution in [3.63, 3.8) is 0 Å². The van der Waals surface area contributed by atoms with E-state index in [-0.39, 0.29) is 11.8 Å². The monoisotopic (exact) mass is 291 g/mol. The van der Waals surface area contributed by atoms with Gasteiger partial charge in [-0.05, 0) is 18.4 Å². The third kappa shape index (κ3) is 4.04. The van der Waals surface area contributed by atoms with E-state index in [0.717, 1.165) is 18.4 Å². The van der Waals surface area contributed by atoms with Crippen LogP contribution in [0.25, 0.3) is 0 Å². The van der Waals surface area contributed by atoms with Crippen LogP contribution in [0.2, 0.25) is 0 Å². The van der Waals surface area contributed by atoms with Crippen LogP contribution in [0.5, 0.6) is 0 Å². The number of carboxylic acid groups (broad SMARTS) is 1. The summed E-state index contributed by atoms with van der Waals surface area (Å²) >= 11 is 0. The average molecular weight is 291 g/mol. The molecule has 0 saturated carbocycles. The van der Waals surface area contributed by atoms with E-state index in [9.17, 15) is 14.7 Å². The molecule has 2 rings (SSSR count). The maximum atomic E-state index is 12.4. The molecule has 0 spiro atoms. The van der Waals surface area contributed by atoms with Crippen molar-refractivity contribution in [2.45, 2.75) is 25.3 Å². The largest absolute Gasteiger partial charge is 0.480 e. The first-order chi connectivity index (χ1) is 10.1. The van der Waals surface area contributed by atoms with Crippen molar-refractivity contribution in [3.05, 3.63) is 35.9 Å². The Morgan fingerprint density at radius 1 is 1.38 bits per heavy atom. The summed E-state index contributed by atoms with van der Waals surface area (Å²) in [5, 5.41) is 9.43. The first-order valence-electron chi connectivity index (χ1n) is 7.20. The van der Waals surface area contributed by atoms with E-state index in [2.05, 4.69) is 0 Å². The number of amides is 1. The Kier molecular flexibility index (Phi) is 5.33. The Bertz CT molecular complexity index is 482. The van der Waals surface area contributed by atoms with Gasteiger partial charge in [-0.3, -0.25) is 4.79 Å². The minimum atomic E-state index is -0.980. The molecule has 21 heavy (non-hydrogen) atoms. The van der Waals surface area contributed by atoms with Crippen LogP contribution < -0.4 is 0 Å². The second kappa shape index (κ2) is 7.22. The van der Waals surface area contributed by atoms with E-state index in [1.165, 1.54) is 4.90 Å². The van der Waals surface area contributed by atoms with Gasteiger partial charge < -0.3 is 14.7 Å². The number of nitrogens with zero attached hydrogens (tertiary/aromatic N) is 1. The van der Waals surface area contributed by atoms with Crippen molar-refractivity contribution < 1.29 is 19.4 Å². The minimum absolute atomic E-state index is 0.141. The van der Waals surface area contributed by atoms with Crippen molar-refractivity contribution in [1.29, 1.82) is 0 Å². The highest BCUT2D eigenvalue weighted by atomic mass is 16.5. The van der Waals surface area contributed by atoms with Gasteiger partial charge in [0.1, 0.15) is 6.04 Å². The highest BCUT2D eigenvalue weighted by Gasteiger charge is 2.32. The Hall–Kier alpha value is -1.88. The Morgan fingerprint density at radius 3 is 2.67 bits per heavy atom. The third-order valence-corrected chi connectivity index (χ3v) is 3.88. The molecule has 5 nitrogen and oxygen atoms in total. The van der Waals surface area contributed by atoms with E-state index in [4.69, 9.17) is 4.74 Å². The molecule has 1 amide bonds. The van der Waals surface area contributed by atoms with Crippen LogP contribution in [0.1, 0.15) is 18.4 Å². The molecule has 2 atom stereocenters. The predicted molar refractivity (Wildman–Crippen MR) is 77.9 cm³/mol. The normalized spacial score (nSPS) is 19.8. The molecule has 1 fully saturated rings. The standard InChI is InChI=1S/C16H21NO4/c1-17(15(18)13-8-5-9-21-11-13)14(16(19)20)10-12-6-3-2-4-7-12/h2-4,6-7,13-14H,5,8-11H2,1H3,(H,19,20). The van der Waals surface area contributed by atoms with Crippen molar-refractivity contribution in [1.82, 2.24) is 4.90 Å². The zero-order valence-corrected chi connectivity index (χ0v) is 12.2. The van der Waals surface area contributed by atoms with Gasteiger partial charge in [0.15, 0.2) is 0 Å². The highest BCUT2D eigenvalue weighted by molar-refractivity contribution is 5.85. The second-order valence-corrected chi connectivity index (χ2v) is 5.41. The number of carbonyl (C=O) groups excluding carboxylic acids is 1. The first-order valence-corrected chi connectivity index (χ1v) is 7.20. The fourth-order valence-corrected chi connectivity index (χ4v) is 2.60. The molecule has 0 aromatic heterocycles. The number of carbonyl (C=O) groups is 2. The van der Waals surface area contributed by atoms with Gasteiger partial charge in [-0.1, -0.05) is 30.3 Å². The molecule has 1 aliphatic heterocycles. The van der Waals surface area contributed by atoms with Crippen LogP contribution >= 0.6 is 0 Å². The van der Waals surface area contributed by atoms with Crippen molar-refractivity contribution in [2.24, 2.45) is 5.92 Å². The fourth-order valence-electron chi connectivity index (χ4n) is 2.60. The summed E-state index contributed by atoms with van der Waals surface area (Å²) in [5.74, 6) is -1.34. The van der Waals surface area contributed by atoms with E-state index < -0.39 is 12.0 Å². The lowest BCUT2D eigenvalue weighted by Gasteiger charge is -2.30. The molecule has 1 aliphatic rings. The number of aliphatic carboxylic acids is 1. The van der Waals surface area contributed by atoms with Gasteiger partial charge in [0.05, 0.1) is 12.5 Å². The number of hydrogen-bond acceptors (Lipinski definition) is 3. The summed E-state index contributed by atoms with van der Waals surface area (Å²) in [6.45, 7) is 1.07. The van der Waals surface area contributed by atoms with Gasteiger partial charge in [-0.25, -0.2) is 4.79 Å². The van der Waals surface area contributed by atoms with Crippen LogP contribution in [0, 0.1) is 5.92 Å². The van der Waals surface area contributed by atoms with Gasteiger partial charge in [-0.2, -0.15) is 0 Å². The van der Waals surface area contributed by atoms with E-state index >= 15 is 0 Å². The first kappa shape index (κ1) is 15.5. The van der Waals surface area contributed by atoms with Gasteiger partial charge in [0.25, 0.3) is 0 Å². The number of benzene rings is 1. The molecule has 0 aliphatic carbocycles. The van der Waals surface area contributed by atoms with Gasteiger partial charge >= 0.3 is 5.97 Å². The zero-order chi connectivity index (χ0) is 15.2. The lowest BCUT2D eigenvalue weighted by Crippen LogP contribution is -2.47. The molecule has 2 unspecified atom stereocenters. The lowest BCUT2D eigenvalue weighted by atomic mass is 9.98. The Labute approximate surface area is 124 Å². The summed E-state index contributed by atoms with van der Waals surface area (Å²) in [5.41, 5.74) is 0.907. The number of carboxylic acids is 1. The highest BCUT2D eigenvalue weighted by Crippen LogP contribution is 2.18. The summed E-state index contributed by atoms with van der Waals surface area (Å²) < 4.78 is 5.32. The number of likely N-dealkylation sites (N-methyl/N-ethyl adjacent to an activating group) is 1. The quantitative estimate of drug-likeness (QED) is 0.894. The van der Waals surface area contributed by atoms with E-state index in [0.29, 0.717) is 19.6 Å². The maximum absolute atomic E-state index is 12.4. The fraction of sp³-hybridized carbons (Fsp3) is 0.500. The summed E-state index contributed by atoms with van der Waals surface area (Å²) in [6, 6.07) is 8.52. The minimum Gasteiger partial charge on any atom is -0.480 e. The van der Waals surface area contributed by atoms with Gasteiger partial charge in [0.2, 0.25) is 5.91 Å². The number of ether oxygens (including phenoxy) is 1. The van der Waals surface area contributed by atoms with E-state index in [1.54, 1.807) is 7.05 Å². The second-order valence-electron chi connectivity index (χ2n) is 5.41. The molecule has 1 N–H and O–H groups in total. The number of rotatable bonds is 5. The van der Waals surface area contributed by atoms with Crippen LogP contribution in [0.4, 0.5) is 0 Å².